The van der Waals surface area contributed by atoms with Crippen LogP contribution in [-0.4, -0.2) is 21.5 Å². The first-order valence-electron chi connectivity index (χ1n) is 14.1. The highest BCUT2D eigenvalue weighted by Gasteiger charge is 2.10. The second-order valence-corrected chi connectivity index (χ2v) is 12.5. The molecular formula is C37H46N4S. The Labute approximate surface area is 254 Å². The molecule has 4 nitrogen and oxygen atoms in total. The number of hydrogen-bond acceptors (Lipinski definition) is 3. The summed E-state index contributed by atoms with van der Waals surface area (Å²) < 4.78 is 5.56. The fourth-order valence-electron chi connectivity index (χ4n) is 4.32. The number of allylic oxidation sites excluding steroid dienone is 2. The standard InChI is InChI=1S/C33H38N4S.C2H6.C2H2/c1-25-13-10-11-18-32(25)26(2)19-33(37-28(4)27(3)21-35-37)34-22-30-16-12-17-31(20-30)23-36-38(5,6)24-29-14-8-7-9-15-29;2*1-2/h7-21,34,36H,2,5-6,22-24H2,1,3-4H3;1-2H3;1-2H/b33-19-;;. The van der Waals surface area contributed by atoms with Crippen LogP contribution < -0.4 is 10.0 Å². The summed E-state index contributed by atoms with van der Waals surface area (Å²) in [5.74, 6) is 10.5. The Balaban J connectivity index is 0.00000148. The van der Waals surface area contributed by atoms with Crippen molar-refractivity contribution in [3.05, 3.63) is 137 Å². The number of aryl methyl sites for hydroxylation is 2. The maximum absolute atomic E-state index is 4.63. The minimum absolute atomic E-state index is 0.663. The first kappa shape index (κ1) is 34.0. The highest BCUT2D eigenvalue weighted by Crippen LogP contribution is 2.23. The Morgan fingerprint density at radius 2 is 1.43 bits per heavy atom. The van der Waals surface area contributed by atoms with Crippen molar-refractivity contribution in [2.45, 2.75) is 53.5 Å². The Kier molecular flexibility index (Phi) is 13.7. The number of aromatic nitrogens is 2. The van der Waals surface area contributed by atoms with Gasteiger partial charge in [-0.1, -0.05) is 111 Å². The molecule has 220 valence electrons. The van der Waals surface area contributed by atoms with Crippen molar-refractivity contribution >= 4 is 32.5 Å². The van der Waals surface area contributed by atoms with E-state index in [9.17, 15) is 0 Å². The van der Waals surface area contributed by atoms with E-state index in [1.54, 1.807) is 0 Å². The van der Waals surface area contributed by atoms with Gasteiger partial charge in [0, 0.05) is 24.5 Å². The zero-order valence-corrected chi connectivity index (χ0v) is 26.7. The van der Waals surface area contributed by atoms with Gasteiger partial charge in [0.25, 0.3) is 0 Å². The van der Waals surface area contributed by atoms with Crippen LogP contribution in [0.4, 0.5) is 0 Å². The van der Waals surface area contributed by atoms with Gasteiger partial charge < -0.3 is 5.32 Å². The number of terminal acetylenes is 1. The summed E-state index contributed by atoms with van der Waals surface area (Å²) in [6.07, 6.45) is 12.0. The molecule has 0 unspecified atom stereocenters. The van der Waals surface area contributed by atoms with E-state index in [4.69, 9.17) is 0 Å². The van der Waals surface area contributed by atoms with Crippen LogP contribution in [0, 0.1) is 33.6 Å². The molecule has 0 atom stereocenters. The summed E-state index contributed by atoms with van der Waals surface area (Å²) in [5, 5.41) is 8.25. The molecule has 1 heterocycles. The molecule has 0 aliphatic carbocycles. The summed E-state index contributed by atoms with van der Waals surface area (Å²) >= 11 is 0. The van der Waals surface area contributed by atoms with Crippen LogP contribution in [0.5, 0.6) is 0 Å². The predicted molar refractivity (Wildman–Crippen MR) is 190 cm³/mol. The average Bonchev–Trinajstić information content (AvgIpc) is 3.34. The van der Waals surface area contributed by atoms with Crippen molar-refractivity contribution in [2.24, 2.45) is 0 Å². The number of hydrogen-bond donors (Lipinski definition) is 2. The average molecular weight is 579 g/mol. The normalized spacial score (nSPS) is 11.0. The SMILES string of the molecule is C#C.C=C(/C=C(/NCc1cccc(CNS(=C)(=C)Cc2ccccc2)c1)n1ncc(C)c1C)c1ccccc1C.CC. The van der Waals surface area contributed by atoms with Crippen molar-refractivity contribution in [2.75, 3.05) is 0 Å². The summed E-state index contributed by atoms with van der Waals surface area (Å²) in [4.78, 5) is 0. The van der Waals surface area contributed by atoms with Gasteiger partial charge in [0.05, 0.1) is 6.20 Å². The van der Waals surface area contributed by atoms with Gasteiger partial charge in [0.2, 0.25) is 0 Å². The minimum Gasteiger partial charge on any atom is -0.366 e. The van der Waals surface area contributed by atoms with Gasteiger partial charge in [0.1, 0.15) is 5.82 Å². The zero-order valence-electron chi connectivity index (χ0n) is 25.9. The fourth-order valence-corrected chi connectivity index (χ4v) is 5.73. The topological polar surface area (TPSA) is 41.9 Å². The van der Waals surface area contributed by atoms with E-state index < -0.39 is 9.39 Å². The molecule has 5 heteroatoms. The summed E-state index contributed by atoms with van der Waals surface area (Å²) in [5.41, 5.74) is 9.18. The van der Waals surface area contributed by atoms with Crippen molar-refractivity contribution in [3.63, 3.8) is 0 Å². The van der Waals surface area contributed by atoms with Gasteiger partial charge in [-0.05, 0) is 65.8 Å². The minimum atomic E-state index is -1.45. The Bertz CT molecular complexity index is 1590. The number of benzene rings is 3. The van der Waals surface area contributed by atoms with Crippen LogP contribution in [-0.2, 0) is 18.8 Å². The van der Waals surface area contributed by atoms with Gasteiger partial charge >= 0.3 is 0 Å². The summed E-state index contributed by atoms with van der Waals surface area (Å²) in [6.45, 7) is 16.0. The Morgan fingerprint density at radius 1 is 0.833 bits per heavy atom. The Morgan fingerprint density at radius 3 is 2.05 bits per heavy atom. The second kappa shape index (κ2) is 16.9. The number of nitrogens with one attached hydrogen (secondary N) is 2. The molecule has 1 aromatic heterocycles. The fraction of sp³-hybridized carbons (Fsp3) is 0.216. The van der Waals surface area contributed by atoms with Crippen LogP contribution in [0.1, 0.15) is 52.9 Å². The molecule has 0 bridgehead atoms. The molecular weight excluding hydrogens is 533 g/mol. The van der Waals surface area contributed by atoms with Gasteiger partial charge in [-0.25, -0.2) is 4.68 Å². The van der Waals surface area contributed by atoms with Gasteiger partial charge in [-0.2, -0.15) is 14.5 Å². The third-order valence-electron chi connectivity index (χ3n) is 6.62. The molecule has 4 rings (SSSR count). The maximum atomic E-state index is 4.63. The van der Waals surface area contributed by atoms with E-state index in [1.807, 2.05) is 42.9 Å². The van der Waals surface area contributed by atoms with E-state index in [0.29, 0.717) is 6.54 Å². The predicted octanol–water partition coefficient (Wildman–Crippen LogP) is 8.26. The van der Waals surface area contributed by atoms with Gasteiger partial charge in [-0.3, -0.25) is 4.72 Å². The quantitative estimate of drug-likeness (QED) is 0.107. The van der Waals surface area contributed by atoms with Gasteiger partial charge in [0.15, 0.2) is 0 Å². The Hall–Kier alpha value is -4.24. The molecule has 0 aliphatic rings. The highest BCUT2D eigenvalue weighted by atomic mass is 32.2. The molecule has 3 aromatic carbocycles. The van der Waals surface area contributed by atoms with E-state index in [0.717, 1.165) is 40.5 Å². The van der Waals surface area contributed by atoms with Crippen molar-refractivity contribution < 1.29 is 0 Å². The molecule has 0 saturated heterocycles. The molecule has 0 aliphatic heterocycles. The second-order valence-electron chi connectivity index (χ2n) is 9.86. The van der Waals surface area contributed by atoms with Crippen molar-refractivity contribution in [1.29, 1.82) is 0 Å². The van der Waals surface area contributed by atoms with E-state index >= 15 is 0 Å². The molecule has 42 heavy (non-hydrogen) atoms. The summed E-state index contributed by atoms with van der Waals surface area (Å²) in [7, 11) is -1.45. The zero-order chi connectivity index (χ0) is 31.1. The molecule has 2 N–H and O–H groups in total. The lowest BCUT2D eigenvalue weighted by atomic mass is 10.0. The third kappa shape index (κ3) is 9.99. The molecule has 4 aromatic rings. The molecule has 0 radical (unpaired) electrons. The van der Waals surface area contributed by atoms with Crippen LogP contribution in [0.3, 0.4) is 0 Å². The van der Waals surface area contributed by atoms with E-state index in [1.165, 1.54) is 22.3 Å². The number of rotatable bonds is 11. The van der Waals surface area contributed by atoms with Crippen LogP contribution in [0.25, 0.3) is 11.4 Å². The van der Waals surface area contributed by atoms with Crippen LogP contribution in [0.15, 0.2) is 97.7 Å². The monoisotopic (exact) mass is 578 g/mol. The third-order valence-corrected chi connectivity index (χ3v) is 8.26. The van der Waals surface area contributed by atoms with Crippen molar-refractivity contribution in [3.8, 4) is 12.8 Å². The first-order valence-corrected chi connectivity index (χ1v) is 16.2. The molecule has 0 saturated carbocycles. The molecule has 0 spiro atoms. The van der Waals surface area contributed by atoms with Crippen LogP contribution in [0.2, 0.25) is 0 Å². The maximum Gasteiger partial charge on any atom is 0.128 e. The van der Waals surface area contributed by atoms with Crippen molar-refractivity contribution in [1.82, 2.24) is 19.8 Å². The van der Waals surface area contributed by atoms with Crippen LogP contribution >= 0.6 is 9.39 Å². The van der Waals surface area contributed by atoms with E-state index in [-0.39, 0.29) is 0 Å². The lowest BCUT2D eigenvalue weighted by molar-refractivity contribution is 0.755. The van der Waals surface area contributed by atoms with Gasteiger partial charge in [-0.15, -0.1) is 12.8 Å². The number of nitrogens with zero attached hydrogens (tertiary/aromatic N) is 2. The lowest BCUT2D eigenvalue weighted by Gasteiger charge is -2.18. The largest absolute Gasteiger partial charge is 0.366 e. The summed E-state index contributed by atoms with van der Waals surface area (Å²) in [6, 6.07) is 27.4. The van der Waals surface area contributed by atoms with E-state index in [2.05, 4.69) is 134 Å². The smallest absolute Gasteiger partial charge is 0.128 e. The first-order chi connectivity index (χ1) is 20.2. The lowest BCUT2D eigenvalue weighted by Crippen LogP contribution is -2.19. The molecule has 0 fully saturated rings. The molecule has 0 amide bonds. The highest BCUT2D eigenvalue weighted by molar-refractivity contribution is 8.25.